The Morgan fingerprint density at radius 1 is 1.19 bits per heavy atom. The van der Waals surface area contributed by atoms with E-state index in [4.69, 9.17) is 12.2 Å². The van der Waals surface area contributed by atoms with Crippen LogP contribution in [0.4, 0.5) is 17.1 Å². The molecule has 0 heterocycles. The molecule has 0 amide bonds. The Morgan fingerprint density at radius 3 is 2.48 bits per heavy atom. The van der Waals surface area contributed by atoms with Gasteiger partial charge in [-0.15, -0.1) is 0 Å². The Kier molecular flexibility index (Phi) is 4.34. The number of hydrogen-bond donors (Lipinski definition) is 3. The number of non-ortho nitro benzene ring substituents is 1. The van der Waals surface area contributed by atoms with Crippen molar-refractivity contribution in [3.05, 3.63) is 58.1 Å². The number of nitrogens with zero attached hydrogens (tertiary/aromatic N) is 1. The third-order valence-corrected chi connectivity index (χ3v) is 2.95. The summed E-state index contributed by atoms with van der Waals surface area (Å²) in [7, 11) is 0. The fourth-order valence-corrected chi connectivity index (χ4v) is 1.89. The number of anilines is 2. The van der Waals surface area contributed by atoms with E-state index in [1.165, 1.54) is 18.2 Å². The van der Waals surface area contributed by atoms with Crippen molar-refractivity contribution < 1.29 is 10.0 Å². The molecule has 2 rings (SSSR count). The standard InChI is InChI=1S/C14H13N3O3S/c1-9-2-4-10(5-3-9)15-14(21)16-12-8-11(17(19)20)6-7-13(12)18/h2-8,18H,1H3,(H2,15,16,21). The van der Waals surface area contributed by atoms with E-state index in [0.29, 0.717) is 0 Å². The van der Waals surface area contributed by atoms with Crippen molar-refractivity contribution in [2.45, 2.75) is 6.92 Å². The lowest BCUT2D eigenvalue weighted by Crippen LogP contribution is -2.19. The van der Waals surface area contributed by atoms with E-state index in [-0.39, 0.29) is 22.2 Å². The maximum atomic E-state index is 10.7. The molecule has 0 spiro atoms. The van der Waals surface area contributed by atoms with Gasteiger partial charge in [-0.25, -0.2) is 0 Å². The monoisotopic (exact) mass is 303 g/mol. The smallest absolute Gasteiger partial charge is 0.271 e. The Bertz CT molecular complexity index is 686. The van der Waals surface area contributed by atoms with Crippen molar-refractivity contribution in [1.82, 2.24) is 0 Å². The maximum Gasteiger partial charge on any atom is 0.271 e. The van der Waals surface area contributed by atoms with Crippen LogP contribution in [0.15, 0.2) is 42.5 Å². The lowest BCUT2D eigenvalue weighted by atomic mass is 10.2. The van der Waals surface area contributed by atoms with E-state index in [9.17, 15) is 15.2 Å². The third kappa shape index (κ3) is 3.90. The second-order valence-corrected chi connectivity index (χ2v) is 4.81. The van der Waals surface area contributed by atoms with E-state index in [2.05, 4.69) is 10.6 Å². The van der Waals surface area contributed by atoms with Crippen LogP contribution in [0.25, 0.3) is 0 Å². The minimum absolute atomic E-state index is 0.117. The highest BCUT2D eigenvalue weighted by Gasteiger charge is 2.11. The summed E-state index contributed by atoms with van der Waals surface area (Å²) in [5.74, 6) is -0.117. The summed E-state index contributed by atoms with van der Waals surface area (Å²) in [5.41, 5.74) is 1.95. The lowest BCUT2D eigenvalue weighted by molar-refractivity contribution is -0.384. The van der Waals surface area contributed by atoms with Gasteiger partial charge in [0.1, 0.15) is 5.75 Å². The van der Waals surface area contributed by atoms with Gasteiger partial charge in [-0.05, 0) is 37.3 Å². The van der Waals surface area contributed by atoms with E-state index < -0.39 is 4.92 Å². The first-order valence-corrected chi connectivity index (χ1v) is 6.48. The third-order valence-electron chi connectivity index (χ3n) is 2.75. The molecule has 21 heavy (non-hydrogen) atoms. The summed E-state index contributed by atoms with van der Waals surface area (Å²) >= 11 is 5.12. The van der Waals surface area contributed by atoms with E-state index >= 15 is 0 Å². The number of nitro groups is 1. The van der Waals surface area contributed by atoms with Crippen LogP contribution in [0, 0.1) is 17.0 Å². The summed E-state index contributed by atoms with van der Waals surface area (Å²) < 4.78 is 0. The summed E-state index contributed by atoms with van der Waals surface area (Å²) in [6.45, 7) is 1.97. The van der Waals surface area contributed by atoms with Crippen molar-refractivity contribution in [3.63, 3.8) is 0 Å². The molecular formula is C14H13N3O3S. The molecule has 7 heteroatoms. The molecule has 0 fully saturated rings. The van der Waals surface area contributed by atoms with E-state index in [1.807, 2.05) is 31.2 Å². The molecule has 2 aromatic rings. The molecular weight excluding hydrogens is 290 g/mol. The van der Waals surface area contributed by atoms with Crippen molar-refractivity contribution in [3.8, 4) is 5.75 Å². The van der Waals surface area contributed by atoms with Crippen LogP contribution in [0.2, 0.25) is 0 Å². The van der Waals surface area contributed by atoms with Gasteiger partial charge in [-0.3, -0.25) is 10.1 Å². The molecule has 0 atom stereocenters. The minimum atomic E-state index is -0.541. The summed E-state index contributed by atoms with van der Waals surface area (Å²) in [6, 6.07) is 11.3. The molecule has 108 valence electrons. The number of aryl methyl sites for hydroxylation is 1. The highest BCUT2D eigenvalue weighted by atomic mass is 32.1. The van der Waals surface area contributed by atoms with Gasteiger partial charge in [0.15, 0.2) is 5.11 Å². The molecule has 0 aliphatic heterocycles. The highest BCUT2D eigenvalue weighted by molar-refractivity contribution is 7.80. The summed E-state index contributed by atoms with van der Waals surface area (Å²) in [6.07, 6.45) is 0. The van der Waals surface area contributed by atoms with Gasteiger partial charge in [-0.2, -0.15) is 0 Å². The number of thiocarbonyl (C=S) groups is 1. The van der Waals surface area contributed by atoms with Gasteiger partial charge in [0.25, 0.3) is 5.69 Å². The van der Waals surface area contributed by atoms with Crippen molar-refractivity contribution in [1.29, 1.82) is 0 Å². The number of hydrogen-bond acceptors (Lipinski definition) is 4. The van der Waals surface area contributed by atoms with Crippen LogP contribution in [0.1, 0.15) is 5.56 Å². The Balaban J connectivity index is 2.10. The van der Waals surface area contributed by atoms with Crippen LogP contribution in [0.3, 0.4) is 0 Å². The quantitative estimate of drug-likeness (QED) is 0.348. The van der Waals surface area contributed by atoms with Gasteiger partial charge in [0.2, 0.25) is 0 Å². The molecule has 6 nitrogen and oxygen atoms in total. The van der Waals surface area contributed by atoms with Gasteiger partial charge >= 0.3 is 0 Å². The molecule has 0 bridgehead atoms. The second-order valence-electron chi connectivity index (χ2n) is 4.40. The Morgan fingerprint density at radius 2 is 1.86 bits per heavy atom. The summed E-state index contributed by atoms with van der Waals surface area (Å²) in [4.78, 5) is 10.2. The molecule has 0 saturated carbocycles. The van der Waals surface area contributed by atoms with E-state index in [0.717, 1.165) is 11.3 Å². The number of nitro benzene ring substituents is 1. The average molecular weight is 303 g/mol. The number of phenolic OH excluding ortho intramolecular Hbond substituents is 1. The predicted molar refractivity (Wildman–Crippen MR) is 85.8 cm³/mol. The molecule has 3 N–H and O–H groups in total. The zero-order valence-electron chi connectivity index (χ0n) is 11.2. The number of aromatic hydroxyl groups is 1. The normalized spacial score (nSPS) is 9.95. The first kappa shape index (κ1) is 14.7. The maximum absolute atomic E-state index is 10.7. The van der Waals surface area contributed by atoms with Crippen molar-refractivity contribution in [2.24, 2.45) is 0 Å². The van der Waals surface area contributed by atoms with Crippen molar-refractivity contribution in [2.75, 3.05) is 10.6 Å². The fourth-order valence-electron chi connectivity index (χ4n) is 1.66. The van der Waals surface area contributed by atoms with Crippen LogP contribution in [-0.4, -0.2) is 15.1 Å². The van der Waals surface area contributed by atoms with Crippen LogP contribution in [0.5, 0.6) is 5.75 Å². The zero-order chi connectivity index (χ0) is 15.4. The largest absolute Gasteiger partial charge is 0.506 e. The van der Waals surface area contributed by atoms with Gasteiger partial charge < -0.3 is 15.7 Å². The topological polar surface area (TPSA) is 87.4 Å². The van der Waals surface area contributed by atoms with Crippen LogP contribution >= 0.6 is 12.2 Å². The number of nitrogens with one attached hydrogen (secondary N) is 2. The Labute approximate surface area is 126 Å². The van der Waals surface area contributed by atoms with Gasteiger partial charge in [0, 0.05) is 17.8 Å². The number of benzene rings is 2. The number of phenols is 1. The van der Waals surface area contributed by atoms with E-state index in [1.54, 1.807) is 0 Å². The van der Waals surface area contributed by atoms with Crippen LogP contribution in [-0.2, 0) is 0 Å². The van der Waals surface area contributed by atoms with Gasteiger partial charge in [0.05, 0.1) is 10.6 Å². The Hall–Kier alpha value is -2.67. The van der Waals surface area contributed by atoms with Crippen molar-refractivity contribution >= 4 is 34.4 Å². The molecule has 0 aliphatic carbocycles. The molecule has 0 aromatic heterocycles. The molecule has 2 aromatic carbocycles. The zero-order valence-corrected chi connectivity index (χ0v) is 12.0. The lowest BCUT2D eigenvalue weighted by Gasteiger charge is -2.11. The summed E-state index contributed by atoms with van der Waals surface area (Å²) in [5, 5.41) is 26.3. The predicted octanol–water partition coefficient (Wildman–Crippen LogP) is 3.42. The molecule has 0 unspecified atom stereocenters. The van der Waals surface area contributed by atoms with Crippen LogP contribution < -0.4 is 10.6 Å². The molecule has 0 aliphatic rings. The first-order chi connectivity index (χ1) is 9.95. The number of rotatable bonds is 3. The SMILES string of the molecule is Cc1ccc(NC(=S)Nc2cc([N+](=O)[O-])ccc2O)cc1. The molecule has 0 radical (unpaired) electrons. The molecule has 0 saturated heterocycles. The fraction of sp³-hybridized carbons (Fsp3) is 0.0714. The minimum Gasteiger partial charge on any atom is -0.506 e. The average Bonchev–Trinajstić information content (AvgIpc) is 2.43. The van der Waals surface area contributed by atoms with Gasteiger partial charge in [-0.1, -0.05) is 17.7 Å². The highest BCUT2D eigenvalue weighted by Crippen LogP contribution is 2.27. The first-order valence-electron chi connectivity index (χ1n) is 6.08. The second kappa shape index (κ2) is 6.19.